The summed E-state index contributed by atoms with van der Waals surface area (Å²) in [6, 6.07) is 0. The van der Waals surface area contributed by atoms with Crippen molar-refractivity contribution in [3.63, 3.8) is 0 Å². The van der Waals surface area contributed by atoms with E-state index in [1.807, 2.05) is 0 Å². The van der Waals surface area contributed by atoms with Gasteiger partial charge >= 0.3 is 0 Å². The maximum atomic E-state index is 12.6. The van der Waals surface area contributed by atoms with Crippen molar-refractivity contribution in [2.24, 2.45) is 34.5 Å². The Morgan fingerprint density at radius 1 is 0.909 bits per heavy atom. The van der Waals surface area contributed by atoms with Crippen LogP contribution in [0.3, 0.4) is 0 Å². The summed E-state index contributed by atoms with van der Waals surface area (Å²) >= 11 is 3.86. The van der Waals surface area contributed by atoms with E-state index in [9.17, 15) is 4.79 Å². The van der Waals surface area contributed by atoms with Gasteiger partial charge in [-0.25, -0.2) is 0 Å². The van der Waals surface area contributed by atoms with E-state index in [0.29, 0.717) is 5.78 Å². The van der Waals surface area contributed by atoms with Crippen LogP contribution in [0, 0.1) is 34.5 Å². The van der Waals surface area contributed by atoms with Crippen molar-refractivity contribution in [1.82, 2.24) is 0 Å². The van der Waals surface area contributed by atoms with Gasteiger partial charge in [0, 0.05) is 12.0 Å². The molecule has 5 saturated carbocycles. The Balaban J connectivity index is 1.54. The average Bonchev–Trinajstić information content (AvgIpc) is 2.88. The first-order valence-corrected chi connectivity index (χ1v) is 10.4. The zero-order valence-corrected chi connectivity index (χ0v) is 15.6. The fourth-order valence-electron chi connectivity index (χ4n) is 6.79. The quantitative estimate of drug-likeness (QED) is 0.588. The van der Waals surface area contributed by atoms with Gasteiger partial charge in [0.25, 0.3) is 0 Å². The molecular formula is C18H26O2S2. The summed E-state index contributed by atoms with van der Waals surface area (Å²) in [6.45, 7) is 8.40. The molecule has 0 radical (unpaired) electrons. The second-order valence-corrected chi connectivity index (χ2v) is 12.2. The van der Waals surface area contributed by atoms with E-state index in [1.54, 1.807) is 12.0 Å². The van der Waals surface area contributed by atoms with Crippen molar-refractivity contribution in [2.45, 2.75) is 68.8 Å². The van der Waals surface area contributed by atoms with Crippen molar-refractivity contribution in [3.8, 4) is 0 Å². The van der Waals surface area contributed by atoms with Gasteiger partial charge in [-0.05, 0) is 83.5 Å². The first-order chi connectivity index (χ1) is 10.2. The molecule has 0 amide bonds. The zero-order valence-electron chi connectivity index (χ0n) is 14.0. The average molecular weight is 339 g/mol. The lowest BCUT2D eigenvalue weighted by Gasteiger charge is -2.63. The molecule has 1 heterocycles. The zero-order chi connectivity index (χ0) is 15.5. The lowest BCUT2D eigenvalue weighted by molar-refractivity contribution is -0.181. The highest BCUT2D eigenvalue weighted by atomic mass is 32.2. The van der Waals surface area contributed by atoms with Crippen LogP contribution in [0.1, 0.15) is 59.8 Å². The molecule has 4 bridgehead atoms. The standard InChI is InChI=1S/C18H26O2S2/c1-15(2)14(19)16(3,4)18(15)20-22-17(21-18)12-6-10-5-11(8-12)9-13(17)7-10/h10-13H,5-9H2,1-4H3. The van der Waals surface area contributed by atoms with E-state index < -0.39 is 0 Å². The van der Waals surface area contributed by atoms with E-state index >= 15 is 0 Å². The van der Waals surface area contributed by atoms with Gasteiger partial charge in [0.1, 0.15) is 0 Å². The molecule has 4 heteroatoms. The Morgan fingerprint density at radius 3 is 1.91 bits per heavy atom. The van der Waals surface area contributed by atoms with Gasteiger partial charge in [0.2, 0.25) is 0 Å². The second kappa shape index (κ2) is 3.94. The Kier molecular flexibility index (Phi) is 2.62. The van der Waals surface area contributed by atoms with Crippen LogP contribution in [0.2, 0.25) is 0 Å². The SMILES string of the molecule is CC1(C)C(=O)C(C)(C)C12OSC1(S2)C2CC3CC(C2)CC1C3. The molecule has 22 heavy (non-hydrogen) atoms. The van der Waals surface area contributed by atoms with E-state index in [0.717, 1.165) is 23.7 Å². The van der Waals surface area contributed by atoms with E-state index in [2.05, 4.69) is 39.5 Å². The molecule has 0 unspecified atom stereocenters. The number of rotatable bonds is 0. The monoisotopic (exact) mass is 338 g/mol. The van der Waals surface area contributed by atoms with Crippen LogP contribution >= 0.6 is 23.8 Å². The van der Waals surface area contributed by atoms with Gasteiger partial charge in [-0.1, -0.05) is 0 Å². The molecule has 0 aromatic carbocycles. The van der Waals surface area contributed by atoms with Gasteiger partial charge in [-0.15, -0.1) is 11.8 Å². The molecule has 2 nitrogen and oxygen atoms in total. The molecule has 1 saturated heterocycles. The topological polar surface area (TPSA) is 26.3 Å². The fourth-order valence-corrected chi connectivity index (χ4v) is 10.8. The predicted octanol–water partition coefficient (Wildman–Crippen LogP) is 4.88. The third kappa shape index (κ3) is 1.34. The van der Waals surface area contributed by atoms with E-state index in [1.165, 1.54) is 32.1 Å². The summed E-state index contributed by atoms with van der Waals surface area (Å²) in [4.78, 5) is 12.3. The first-order valence-electron chi connectivity index (χ1n) is 8.85. The van der Waals surface area contributed by atoms with Crippen molar-refractivity contribution < 1.29 is 8.98 Å². The summed E-state index contributed by atoms with van der Waals surface area (Å²) in [5.74, 6) is 3.94. The molecular weight excluding hydrogens is 312 g/mol. The number of thioether (sulfide) groups is 1. The van der Waals surface area contributed by atoms with Crippen molar-refractivity contribution in [3.05, 3.63) is 0 Å². The number of carbonyl (C=O) groups is 1. The fraction of sp³-hybridized carbons (Fsp3) is 0.944. The molecule has 6 aliphatic rings. The molecule has 5 aliphatic carbocycles. The molecule has 1 aliphatic heterocycles. The summed E-state index contributed by atoms with van der Waals surface area (Å²) < 4.78 is 6.75. The Morgan fingerprint density at radius 2 is 1.41 bits per heavy atom. The molecule has 6 rings (SSSR count). The van der Waals surface area contributed by atoms with Crippen molar-refractivity contribution in [2.75, 3.05) is 0 Å². The maximum absolute atomic E-state index is 12.6. The van der Waals surface area contributed by atoms with E-state index in [-0.39, 0.29) is 19.8 Å². The predicted molar refractivity (Wildman–Crippen MR) is 91.3 cm³/mol. The van der Waals surface area contributed by atoms with Gasteiger partial charge in [-0.3, -0.25) is 8.98 Å². The Bertz CT molecular complexity index is 519. The lowest BCUT2D eigenvalue weighted by Crippen LogP contribution is -2.72. The van der Waals surface area contributed by atoms with Crippen LogP contribution in [0.4, 0.5) is 0 Å². The molecule has 122 valence electrons. The van der Waals surface area contributed by atoms with Crippen molar-refractivity contribution in [1.29, 1.82) is 0 Å². The van der Waals surface area contributed by atoms with Crippen LogP contribution in [-0.4, -0.2) is 14.8 Å². The summed E-state index contributed by atoms with van der Waals surface area (Å²) in [5, 5.41) is 0. The summed E-state index contributed by atoms with van der Waals surface area (Å²) in [6.07, 6.45) is 7.10. The molecule has 0 aromatic rings. The smallest absolute Gasteiger partial charge is 0.153 e. The molecule has 6 fully saturated rings. The third-order valence-electron chi connectivity index (χ3n) is 7.65. The van der Waals surface area contributed by atoms with Crippen LogP contribution in [0.5, 0.6) is 0 Å². The molecule has 0 atom stereocenters. The van der Waals surface area contributed by atoms with Crippen LogP contribution in [0.15, 0.2) is 0 Å². The number of ketones is 1. The van der Waals surface area contributed by atoms with Gasteiger partial charge in [0.15, 0.2) is 10.7 Å². The maximum Gasteiger partial charge on any atom is 0.153 e. The Labute approximate surface area is 142 Å². The molecule has 2 spiro atoms. The lowest BCUT2D eigenvalue weighted by atomic mass is 9.51. The van der Waals surface area contributed by atoms with Crippen molar-refractivity contribution >= 4 is 29.6 Å². The highest BCUT2D eigenvalue weighted by Crippen LogP contribution is 2.80. The minimum absolute atomic E-state index is 0.239. The number of hydrogen-bond acceptors (Lipinski definition) is 4. The minimum Gasteiger partial charge on any atom is -0.298 e. The molecule has 0 aromatic heterocycles. The third-order valence-corrected chi connectivity index (χ3v) is 11.8. The van der Waals surface area contributed by atoms with E-state index in [4.69, 9.17) is 4.18 Å². The van der Waals surface area contributed by atoms with Crippen LogP contribution < -0.4 is 0 Å². The van der Waals surface area contributed by atoms with Crippen LogP contribution in [0.25, 0.3) is 0 Å². The highest BCUT2D eigenvalue weighted by Gasteiger charge is 2.80. The van der Waals surface area contributed by atoms with Gasteiger partial charge < -0.3 is 0 Å². The Hall–Kier alpha value is 0.330. The van der Waals surface area contributed by atoms with Gasteiger partial charge in [-0.2, -0.15) is 0 Å². The number of carbonyl (C=O) groups excluding carboxylic acids is 1. The summed E-state index contributed by atoms with van der Waals surface area (Å²) in [5.41, 5.74) is -0.710. The summed E-state index contributed by atoms with van der Waals surface area (Å²) in [7, 11) is 0. The first kappa shape index (κ1) is 14.7. The normalized spacial score (nSPS) is 52.5. The largest absolute Gasteiger partial charge is 0.298 e. The van der Waals surface area contributed by atoms with Crippen LogP contribution in [-0.2, 0) is 8.98 Å². The molecule has 0 N–H and O–H groups in total. The number of hydrogen-bond donors (Lipinski definition) is 0. The van der Waals surface area contributed by atoms with Gasteiger partial charge in [0.05, 0.1) is 14.9 Å². The highest BCUT2D eigenvalue weighted by molar-refractivity contribution is 8.19. The number of Topliss-reactive ketones (excluding diaryl/α,β-unsaturated/α-hetero) is 1. The second-order valence-electron chi connectivity index (χ2n) is 9.49. The minimum atomic E-state index is -0.355.